The van der Waals surface area contributed by atoms with Crippen molar-refractivity contribution in [2.45, 2.75) is 13.5 Å². The first-order valence-electron chi connectivity index (χ1n) is 9.64. The average Bonchev–Trinajstić information content (AvgIpc) is 2.78. The summed E-state index contributed by atoms with van der Waals surface area (Å²) in [6.45, 7) is 2.16. The number of nitrogens with zero attached hydrogens (tertiary/aromatic N) is 1. The average molecular weight is 467 g/mol. The summed E-state index contributed by atoms with van der Waals surface area (Å²) in [4.78, 5) is 12.6. The van der Waals surface area contributed by atoms with Crippen LogP contribution in [0.4, 0.5) is 5.69 Å². The van der Waals surface area contributed by atoms with Gasteiger partial charge in [0, 0.05) is 15.7 Å². The van der Waals surface area contributed by atoms with E-state index in [0.29, 0.717) is 39.4 Å². The van der Waals surface area contributed by atoms with Gasteiger partial charge in [0.15, 0.2) is 11.5 Å². The van der Waals surface area contributed by atoms with Gasteiger partial charge in [-0.05, 0) is 66.1 Å². The minimum Gasteiger partial charge on any atom is -0.493 e. The highest BCUT2D eigenvalue weighted by Crippen LogP contribution is 2.30. The number of amides is 1. The van der Waals surface area contributed by atoms with Crippen molar-refractivity contribution in [3.63, 3.8) is 0 Å². The maximum Gasteiger partial charge on any atom is 0.266 e. The summed E-state index contributed by atoms with van der Waals surface area (Å²) in [7, 11) is 1.52. The number of carbonyl (C=O) groups is 1. The molecule has 162 valence electrons. The van der Waals surface area contributed by atoms with Crippen LogP contribution in [0.15, 0.2) is 66.2 Å². The molecule has 7 heteroatoms. The molecule has 0 spiro atoms. The lowest BCUT2D eigenvalue weighted by Crippen LogP contribution is -2.14. The van der Waals surface area contributed by atoms with E-state index in [4.69, 9.17) is 32.7 Å². The Labute approximate surface area is 196 Å². The fraction of sp³-hybridized carbons (Fsp3) is 0.120. The Morgan fingerprint density at radius 2 is 1.84 bits per heavy atom. The molecule has 0 aliphatic carbocycles. The normalized spacial score (nSPS) is 10.9. The van der Waals surface area contributed by atoms with Crippen molar-refractivity contribution in [2.24, 2.45) is 0 Å². The lowest BCUT2D eigenvalue weighted by atomic mass is 10.1. The van der Waals surface area contributed by atoms with Crippen molar-refractivity contribution in [2.75, 3.05) is 12.4 Å². The van der Waals surface area contributed by atoms with Crippen molar-refractivity contribution in [3.8, 4) is 17.6 Å². The molecule has 0 unspecified atom stereocenters. The van der Waals surface area contributed by atoms with Gasteiger partial charge in [-0.25, -0.2) is 0 Å². The van der Waals surface area contributed by atoms with E-state index in [0.717, 1.165) is 11.1 Å². The first-order valence-corrected chi connectivity index (χ1v) is 10.4. The summed E-state index contributed by atoms with van der Waals surface area (Å²) < 4.78 is 11.3. The molecule has 3 aromatic carbocycles. The van der Waals surface area contributed by atoms with Gasteiger partial charge in [-0.2, -0.15) is 5.26 Å². The van der Waals surface area contributed by atoms with E-state index in [1.54, 1.807) is 42.5 Å². The Bertz CT molecular complexity index is 1220. The molecule has 0 atom stereocenters. The number of anilines is 1. The van der Waals surface area contributed by atoms with E-state index in [1.807, 2.05) is 31.2 Å². The van der Waals surface area contributed by atoms with Gasteiger partial charge in [-0.3, -0.25) is 4.79 Å². The van der Waals surface area contributed by atoms with Gasteiger partial charge in [0.05, 0.1) is 7.11 Å². The monoisotopic (exact) mass is 466 g/mol. The van der Waals surface area contributed by atoms with Crippen LogP contribution in [0, 0.1) is 18.3 Å². The topological polar surface area (TPSA) is 71.3 Å². The summed E-state index contributed by atoms with van der Waals surface area (Å²) in [5, 5.41) is 13.4. The number of ether oxygens (including phenoxy) is 2. The van der Waals surface area contributed by atoms with Crippen LogP contribution in [0.5, 0.6) is 11.5 Å². The summed E-state index contributed by atoms with van der Waals surface area (Å²) in [5.74, 6) is 0.476. The van der Waals surface area contributed by atoms with Crippen LogP contribution in [0.3, 0.4) is 0 Å². The summed E-state index contributed by atoms with van der Waals surface area (Å²) in [6, 6.07) is 19.6. The molecule has 0 fully saturated rings. The molecule has 0 bridgehead atoms. The van der Waals surface area contributed by atoms with Crippen LogP contribution in [0.2, 0.25) is 10.0 Å². The molecule has 0 saturated heterocycles. The minimum atomic E-state index is -0.530. The summed E-state index contributed by atoms with van der Waals surface area (Å²) in [6.07, 6.45) is 1.48. The molecule has 1 amide bonds. The zero-order valence-corrected chi connectivity index (χ0v) is 19.0. The first-order chi connectivity index (χ1) is 15.4. The molecular weight excluding hydrogens is 447 g/mol. The van der Waals surface area contributed by atoms with Crippen molar-refractivity contribution in [1.29, 1.82) is 5.26 Å². The number of nitriles is 1. The predicted octanol–water partition coefficient (Wildman–Crippen LogP) is 6.44. The van der Waals surface area contributed by atoms with E-state index < -0.39 is 5.91 Å². The highest BCUT2D eigenvalue weighted by Gasteiger charge is 2.13. The molecule has 0 aliphatic rings. The van der Waals surface area contributed by atoms with Crippen molar-refractivity contribution < 1.29 is 14.3 Å². The molecule has 0 aliphatic heterocycles. The maximum absolute atomic E-state index is 12.6. The predicted molar refractivity (Wildman–Crippen MR) is 127 cm³/mol. The SMILES string of the molecule is COc1cc(/C=C(\C#N)C(=O)Nc2cc(Cl)ccc2C)ccc1OCc1cccc(Cl)c1. The molecule has 32 heavy (non-hydrogen) atoms. The van der Waals surface area contributed by atoms with Crippen molar-refractivity contribution >= 4 is 40.9 Å². The Kier molecular flexibility index (Phi) is 7.77. The minimum absolute atomic E-state index is 0.0565. The fourth-order valence-electron chi connectivity index (χ4n) is 2.91. The second-order valence-corrected chi connectivity index (χ2v) is 7.78. The highest BCUT2D eigenvalue weighted by atomic mass is 35.5. The third kappa shape index (κ3) is 6.04. The Balaban J connectivity index is 1.77. The van der Waals surface area contributed by atoms with Gasteiger partial charge in [0.25, 0.3) is 5.91 Å². The number of carbonyl (C=O) groups excluding carboxylic acids is 1. The molecular formula is C25H20Cl2N2O3. The number of nitrogens with one attached hydrogen (secondary N) is 1. The number of hydrogen-bond donors (Lipinski definition) is 1. The van der Waals surface area contributed by atoms with Crippen molar-refractivity contribution in [3.05, 3.63) is 93.0 Å². The van der Waals surface area contributed by atoms with E-state index in [2.05, 4.69) is 5.32 Å². The number of methoxy groups -OCH3 is 1. The van der Waals surface area contributed by atoms with E-state index >= 15 is 0 Å². The molecule has 0 aromatic heterocycles. The lowest BCUT2D eigenvalue weighted by molar-refractivity contribution is -0.112. The third-order valence-corrected chi connectivity index (χ3v) is 5.07. The standard InChI is InChI=1S/C25H20Cl2N2O3/c1-16-6-8-21(27)13-22(16)29-25(30)19(14-28)10-17-7-9-23(24(12-17)31-2)32-15-18-4-3-5-20(26)11-18/h3-13H,15H2,1-2H3,(H,29,30)/b19-10+. The first kappa shape index (κ1) is 23.2. The molecule has 1 N–H and O–H groups in total. The van der Waals surface area contributed by atoms with Crippen molar-refractivity contribution in [1.82, 2.24) is 0 Å². The summed E-state index contributed by atoms with van der Waals surface area (Å²) >= 11 is 12.0. The summed E-state index contributed by atoms with van der Waals surface area (Å²) in [5.41, 5.74) is 2.86. The van der Waals surface area contributed by atoms with Gasteiger partial charge in [0.1, 0.15) is 18.2 Å². The smallest absolute Gasteiger partial charge is 0.266 e. The Morgan fingerprint density at radius 3 is 2.56 bits per heavy atom. The van der Waals surface area contributed by atoms with Gasteiger partial charge in [-0.15, -0.1) is 0 Å². The zero-order valence-electron chi connectivity index (χ0n) is 17.5. The number of halogens is 2. The van der Waals surface area contributed by atoms with Gasteiger partial charge in [0.2, 0.25) is 0 Å². The number of hydrogen-bond acceptors (Lipinski definition) is 4. The third-order valence-electron chi connectivity index (χ3n) is 4.59. The quantitative estimate of drug-likeness (QED) is 0.321. The van der Waals surface area contributed by atoms with E-state index in [1.165, 1.54) is 13.2 Å². The van der Waals surface area contributed by atoms with Gasteiger partial charge < -0.3 is 14.8 Å². The Morgan fingerprint density at radius 1 is 1.06 bits per heavy atom. The second-order valence-electron chi connectivity index (χ2n) is 6.91. The second kappa shape index (κ2) is 10.7. The molecule has 0 radical (unpaired) electrons. The largest absolute Gasteiger partial charge is 0.493 e. The fourth-order valence-corrected chi connectivity index (χ4v) is 3.30. The lowest BCUT2D eigenvalue weighted by Gasteiger charge is -2.12. The van der Waals surface area contributed by atoms with Crippen LogP contribution >= 0.6 is 23.2 Å². The number of benzene rings is 3. The van der Waals surface area contributed by atoms with Gasteiger partial charge in [-0.1, -0.05) is 47.5 Å². The molecule has 3 rings (SSSR count). The maximum atomic E-state index is 12.6. The van der Waals surface area contributed by atoms with E-state index in [9.17, 15) is 10.1 Å². The molecule has 3 aromatic rings. The van der Waals surface area contributed by atoms with Crippen LogP contribution in [0.1, 0.15) is 16.7 Å². The molecule has 0 heterocycles. The van der Waals surface area contributed by atoms with Crippen LogP contribution in [-0.4, -0.2) is 13.0 Å². The Hall–Kier alpha value is -3.46. The van der Waals surface area contributed by atoms with Gasteiger partial charge >= 0.3 is 0 Å². The zero-order chi connectivity index (χ0) is 23.1. The van der Waals surface area contributed by atoms with Crippen LogP contribution in [-0.2, 0) is 11.4 Å². The highest BCUT2D eigenvalue weighted by molar-refractivity contribution is 6.31. The molecule has 0 saturated carbocycles. The number of aryl methyl sites for hydroxylation is 1. The number of rotatable bonds is 7. The molecule has 5 nitrogen and oxygen atoms in total. The van der Waals surface area contributed by atoms with Crippen LogP contribution in [0.25, 0.3) is 6.08 Å². The van der Waals surface area contributed by atoms with Crippen LogP contribution < -0.4 is 14.8 Å². The van der Waals surface area contributed by atoms with E-state index in [-0.39, 0.29) is 5.57 Å².